The van der Waals surface area contributed by atoms with Crippen molar-refractivity contribution in [2.45, 2.75) is 58.8 Å². The van der Waals surface area contributed by atoms with Gasteiger partial charge in [0.15, 0.2) is 0 Å². The summed E-state index contributed by atoms with van der Waals surface area (Å²) in [4.78, 5) is 0. The van der Waals surface area contributed by atoms with Gasteiger partial charge in [0, 0.05) is 0 Å². The molecule has 0 N–H and O–H groups in total. The van der Waals surface area contributed by atoms with E-state index in [0.717, 1.165) is 17.3 Å². The van der Waals surface area contributed by atoms with E-state index in [1.54, 1.807) is 32.1 Å². The molecule has 0 nitrogen and oxygen atoms in total. The van der Waals surface area contributed by atoms with Crippen molar-refractivity contribution in [3.63, 3.8) is 0 Å². The molecule has 0 bridgehead atoms. The summed E-state index contributed by atoms with van der Waals surface area (Å²) >= 11 is 0. The summed E-state index contributed by atoms with van der Waals surface area (Å²) < 4.78 is 0. The fraction of sp³-hybridized carbons (Fsp3) is 1.00. The second kappa shape index (κ2) is 3.05. The molecule has 0 heterocycles. The normalized spacial score (nSPS) is 31.8. The van der Waals surface area contributed by atoms with Gasteiger partial charge in [0.25, 0.3) is 0 Å². The van der Waals surface area contributed by atoms with E-state index in [4.69, 9.17) is 0 Å². The van der Waals surface area contributed by atoms with Gasteiger partial charge in [-0.15, -0.1) is 0 Å². The predicted octanol–water partition coefficient (Wildman–Crippen LogP) is 4.00. The maximum atomic E-state index is 2.35. The van der Waals surface area contributed by atoms with Crippen LogP contribution in [-0.2, 0) is 0 Å². The molecule has 2 rings (SSSR count). The number of rotatable bonds is 3. The van der Waals surface area contributed by atoms with E-state index >= 15 is 0 Å². The Kier molecular flexibility index (Phi) is 2.18. The minimum absolute atomic E-state index is 0.904. The summed E-state index contributed by atoms with van der Waals surface area (Å²) in [5.41, 5.74) is 0.904. The second-order valence-electron chi connectivity index (χ2n) is 5.58. The third-order valence-electron chi connectivity index (χ3n) is 3.91. The van der Waals surface area contributed by atoms with Gasteiger partial charge in [-0.25, -0.2) is 0 Å². The summed E-state index contributed by atoms with van der Waals surface area (Å²) in [6.07, 6.45) is 10.8. The van der Waals surface area contributed by atoms with Crippen LogP contribution in [0.3, 0.4) is 0 Å². The lowest BCUT2D eigenvalue weighted by Gasteiger charge is -2.11. The molecule has 1 spiro atoms. The third-order valence-corrected chi connectivity index (χ3v) is 3.91. The van der Waals surface area contributed by atoms with E-state index in [9.17, 15) is 0 Å². The van der Waals surface area contributed by atoms with Gasteiger partial charge in [-0.05, 0) is 49.4 Å². The molecule has 0 saturated heterocycles. The third kappa shape index (κ3) is 1.84. The highest BCUT2D eigenvalue weighted by molar-refractivity contribution is 4.99. The summed E-state index contributed by atoms with van der Waals surface area (Å²) in [7, 11) is 0. The van der Waals surface area contributed by atoms with E-state index < -0.39 is 0 Å². The van der Waals surface area contributed by atoms with E-state index in [1.807, 2.05) is 0 Å². The molecule has 70 valence electrons. The second-order valence-corrected chi connectivity index (χ2v) is 5.58. The van der Waals surface area contributed by atoms with Crippen LogP contribution in [0, 0.1) is 17.3 Å². The lowest BCUT2D eigenvalue weighted by atomic mass is 9.95. The standard InChI is InChI=1S/C12H22/c1-10(2)3-4-11-5-6-12(9-11)7-8-12/h10-11H,3-9H2,1-2H3/t11-/m1/s1. The fourth-order valence-corrected chi connectivity index (χ4v) is 2.77. The predicted molar refractivity (Wildman–Crippen MR) is 53.1 cm³/mol. The van der Waals surface area contributed by atoms with Crippen LogP contribution >= 0.6 is 0 Å². The Morgan fingerprint density at radius 3 is 2.50 bits per heavy atom. The molecule has 2 fully saturated rings. The highest BCUT2D eigenvalue weighted by atomic mass is 14.5. The average molecular weight is 166 g/mol. The molecule has 0 unspecified atom stereocenters. The van der Waals surface area contributed by atoms with Crippen LogP contribution in [0.4, 0.5) is 0 Å². The lowest BCUT2D eigenvalue weighted by Crippen LogP contribution is -1.98. The quantitative estimate of drug-likeness (QED) is 0.594. The van der Waals surface area contributed by atoms with Crippen molar-refractivity contribution in [3.8, 4) is 0 Å². The van der Waals surface area contributed by atoms with Crippen LogP contribution in [0.15, 0.2) is 0 Å². The monoisotopic (exact) mass is 166 g/mol. The maximum absolute atomic E-state index is 2.35. The number of hydrogen-bond acceptors (Lipinski definition) is 0. The molecule has 12 heavy (non-hydrogen) atoms. The van der Waals surface area contributed by atoms with Crippen LogP contribution in [-0.4, -0.2) is 0 Å². The van der Waals surface area contributed by atoms with Crippen LogP contribution in [0.5, 0.6) is 0 Å². The first-order chi connectivity index (χ1) is 5.70. The van der Waals surface area contributed by atoms with Crippen molar-refractivity contribution < 1.29 is 0 Å². The molecule has 0 aromatic carbocycles. The SMILES string of the molecule is CC(C)CC[C@@H]1CCC2(CC2)C1. The van der Waals surface area contributed by atoms with Gasteiger partial charge in [-0.1, -0.05) is 26.7 Å². The molecular formula is C12H22. The minimum atomic E-state index is 0.904. The molecule has 1 atom stereocenters. The molecule has 0 aliphatic heterocycles. The Bertz CT molecular complexity index is 153. The first kappa shape index (κ1) is 8.59. The molecule has 0 amide bonds. The largest absolute Gasteiger partial charge is 0.0628 e. The molecule has 2 aliphatic carbocycles. The Labute approximate surface area is 76.7 Å². The van der Waals surface area contributed by atoms with Gasteiger partial charge in [0.1, 0.15) is 0 Å². The first-order valence-corrected chi connectivity index (χ1v) is 5.70. The zero-order valence-electron chi connectivity index (χ0n) is 8.60. The summed E-state index contributed by atoms with van der Waals surface area (Å²) in [5, 5.41) is 0. The van der Waals surface area contributed by atoms with Crippen molar-refractivity contribution in [2.75, 3.05) is 0 Å². The van der Waals surface area contributed by atoms with Gasteiger partial charge in [-0.2, -0.15) is 0 Å². The van der Waals surface area contributed by atoms with Crippen LogP contribution < -0.4 is 0 Å². The van der Waals surface area contributed by atoms with Gasteiger partial charge < -0.3 is 0 Å². The highest BCUT2D eigenvalue weighted by Gasteiger charge is 2.47. The van der Waals surface area contributed by atoms with E-state index in [-0.39, 0.29) is 0 Å². The van der Waals surface area contributed by atoms with Crippen molar-refractivity contribution in [2.24, 2.45) is 17.3 Å². The Morgan fingerprint density at radius 1 is 1.25 bits per heavy atom. The molecule has 2 aliphatic rings. The topological polar surface area (TPSA) is 0 Å². The van der Waals surface area contributed by atoms with E-state index in [0.29, 0.717) is 0 Å². The van der Waals surface area contributed by atoms with Crippen molar-refractivity contribution in [3.05, 3.63) is 0 Å². The smallest absolute Gasteiger partial charge is 0.0294 e. The van der Waals surface area contributed by atoms with Crippen molar-refractivity contribution in [1.29, 1.82) is 0 Å². The number of hydrogen-bond donors (Lipinski definition) is 0. The van der Waals surface area contributed by atoms with Crippen molar-refractivity contribution in [1.82, 2.24) is 0 Å². The van der Waals surface area contributed by atoms with Gasteiger partial charge in [-0.3, -0.25) is 0 Å². The van der Waals surface area contributed by atoms with Gasteiger partial charge in [0.05, 0.1) is 0 Å². The lowest BCUT2D eigenvalue weighted by molar-refractivity contribution is 0.409. The molecule has 0 heteroatoms. The van der Waals surface area contributed by atoms with Crippen LogP contribution in [0.2, 0.25) is 0 Å². The molecular weight excluding hydrogens is 144 g/mol. The minimum Gasteiger partial charge on any atom is -0.0628 e. The summed E-state index contributed by atoms with van der Waals surface area (Å²) in [6.45, 7) is 4.70. The fourth-order valence-electron chi connectivity index (χ4n) is 2.77. The van der Waals surface area contributed by atoms with Crippen LogP contribution in [0.25, 0.3) is 0 Å². The van der Waals surface area contributed by atoms with Crippen molar-refractivity contribution >= 4 is 0 Å². The zero-order chi connectivity index (χ0) is 8.60. The molecule has 0 aromatic rings. The Balaban J connectivity index is 1.70. The van der Waals surface area contributed by atoms with Crippen LogP contribution in [0.1, 0.15) is 58.8 Å². The molecule has 2 saturated carbocycles. The molecule has 0 radical (unpaired) electrons. The first-order valence-electron chi connectivity index (χ1n) is 5.70. The summed E-state index contributed by atoms with van der Waals surface area (Å²) in [6, 6.07) is 0. The zero-order valence-corrected chi connectivity index (χ0v) is 8.60. The van der Waals surface area contributed by atoms with Gasteiger partial charge in [0.2, 0.25) is 0 Å². The van der Waals surface area contributed by atoms with E-state index in [1.165, 1.54) is 12.8 Å². The highest BCUT2D eigenvalue weighted by Crippen LogP contribution is 2.60. The van der Waals surface area contributed by atoms with Gasteiger partial charge >= 0.3 is 0 Å². The maximum Gasteiger partial charge on any atom is -0.0294 e. The van der Waals surface area contributed by atoms with E-state index in [2.05, 4.69) is 13.8 Å². The average Bonchev–Trinajstić information content (AvgIpc) is 2.60. The molecule has 0 aromatic heterocycles. The summed E-state index contributed by atoms with van der Waals surface area (Å²) in [5.74, 6) is 2.02. The Hall–Kier alpha value is 0. The Morgan fingerprint density at radius 2 is 2.00 bits per heavy atom.